The third kappa shape index (κ3) is 16.7. The molecule has 0 unspecified atom stereocenters. The second kappa shape index (κ2) is 15.7. The molecule has 0 aliphatic carbocycles. The Labute approximate surface area is 124 Å². The normalized spacial score (nSPS) is 12.1. The number of rotatable bonds is 13. The first-order chi connectivity index (χ1) is 9.77. The maximum Gasteiger partial charge on any atom is 0.303 e. The third-order valence-electron chi connectivity index (χ3n) is 3.09. The number of carboxylic acid groups (broad SMARTS) is 1. The first-order valence-corrected chi connectivity index (χ1v) is 7.97. The quantitative estimate of drug-likeness (QED) is 0.348. The number of hydrogen-bond acceptors (Lipinski definition) is 1. The van der Waals surface area contributed by atoms with E-state index in [4.69, 9.17) is 5.11 Å². The van der Waals surface area contributed by atoms with E-state index in [9.17, 15) is 4.79 Å². The maximum atomic E-state index is 10.3. The van der Waals surface area contributed by atoms with Gasteiger partial charge < -0.3 is 5.11 Å². The summed E-state index contributed by atoms with van der Waals surface area (Å²) in [6.45, 7) is 2.22. The molecule has 0 bridgehead atoms. The lowest BCUT2D eigenvalue weighted by Crippen LogP contribution is -1.93. The first-order valence-electron chi connectivity index (χ1n) is 7.97. The van der Waals surface area contributed by atoms with Crippen LogP contribution in [0.2, 0.25) is 0 Å². The van der Waals surface area contributed by atoms with Crippen LogP contribution in [0.5, 0.6) is 0 Å². The smallest absolute Gasteiger partial charge is 0.303 e. The number of carbonyl (C=O) groups is 1. The van der Waals surface area contributed by atoms with Gasteiger partial charge >= 0.3 is 5.97 Å². The summed E-state index contributed by atoms with van der Waals surface area (Å²) < 4.78 is 0. The molecule has 0 rings (SSSR count). The molecule has 0 spiro atoms. The standard InChI is InChI=1S/C18H30O2/c1-2-3-4-5-6-7-8-9-10-11-12-13-14-15-16-17-18(19)20/h6-11H,2-5,12-17H2,1H3,(H,19,20)/b7-6+,9-8-,11-10-. The molecule has 114 valence electrons. The van der Waals surface area contributed by atoms with Crippen LogP contribution in [0.4, 0.5) is 0 Å². The summed E-state index contributed by atoms with van der Waals surface area (Å²) in [5, 5.41) is 8.49. The largest absolute Gasteiger partial charge is 0.481 e. The van der Waals surface area contributed by atoms with Gasteiger partial charge in [-0.1, -0.05) is 69.1 Å². The monoisotopic (exact) mass is 278 g/mol. The highest BCUT2D eigenvalue weighted by molar-refractivity contribution is 5.66. The summed E-state index contributed by atoms with van der Waals surface area (Å²) in [4.78, 5) is 10.3. The Bertz CT molecular complexity index is 301. The lowest BCUT2D eigenvalue weighted by molar-refractivity contribution is -0.137. The summed E-state index contributed by atoms with van der Waals surface area (Å²) in [6.07, 6.45) is 23.3. The number of hydrogen-bond donors (Lipinski definition) is 1. The third-order valence-corrected chi connectivity index (χ3v) is 3.09. The van der Waals surface area contributed by atoms with Crippen molar-refractivity contribution >= 4 is 5.97 Å². The van der Waals surface area contributed by atoms with E-state index in [1.54, 1.807) is 0 Å². The molecule has 0 aromatic carbocycles. The molecular weight excluding hydrogens is 248 g/mol. The van der Waals surface area contributed by atoms with Crippen molar-refractivity contribution in [1.29, 1.82) is 0 Å². The van der Waals surface area contributed by atoms with Gasteiger partial charge in [-0.2, -0.15) is 0 Å². The molecular formula is C18H30O2. The minimum absolute atomic E-state index is 0.309. The molecule has 0 fully saturated rings. The Morgan fingerprint density at radius 1 is 0.800 bits per heavy atom. The van der Waals surface area contributed by atoms with E-state index in [1.165, 1.54) is 25.7 Å². The van der Waals surface area contributed by atoms with Gasteiger partial charge in [-0.15, -0.1) is 0 Å². The van der Waals surface area contributed by atoms with Gasteiger partial charge in [0.05, 0.1) is 0 Å². The number of unbranched alkanes of at least 4 members (excludes halogenated alkanes) is 7. The van der Waals surface area contributed by atoms with E-state index in [0.29, 0.717) is 6.42 Å². The van der Waals surface area contributed by atoms with Crippen LogP contribution in [-0.2, 0) is 4.79 Å². The van der Waals surface area contributed by atoms with E-state index < -0.39 is 5.97 Å². The van der Waals surface area contributed by atoms with Crippen LogP contribution in [0.1, 0.15) is 71.1 Å². The average molecular weight is 278 g/mol. The lowest BCUT2D eigenvalue weighted by atomic mass is 10.1. The average Bonchev–Trinajstić information content (AvgIpc) is 2.43. The number of carboxylic acids is 1. The molecule has 0 aromatic heterocycles. The maximum absolute atomic E-state index is 10.3. The van der Waals surface area contributed by atoms with Crippen molar-refractivity contribution in [2.24, 2.45) is 0 Å². The van der Waals surface area contributed by atoms with Crippen LogP contribution >= 0.6 is 0 Å². The molecule has 0 saturated carbocycles. The van der Waals surface area contributed by atoms with E-state index >= 15 is 0 Å². The molecule has 0 saturated heterocycles. The topological polar surface area (TPSA) is 37.3 Å². The van der Waals surface area contributed by atoms with Crippen molar-refractivity contribution in [1.82, 2.24) is 0 Å². The Morgan fingerprint density at radius 3 is 1.90 bits per heavy atom. The fourth-order valence-electron chi connectivity index (χ4n) is 1.88. The summed E-state index contributed by atoms with van der Waals surface area (Å²) in [5.74, 6) is -0.683. The predicted octanol–water partition coefficient (Wildman–Crippen LogP) is 5.66. The number of aliphatic carboxylic acids is 1. The molecule has 0 atom stereocenters. The van der Waals surface area contributed by atoms with E-state index in [-0.39, 0.29) is 0 Å². The fourth-order valence-corrected chi connectivity index (χ4v) is 1.88. The molecule has 2 heteroatoms. The summed E-state index contributed by atoms with van der Waals surface area (Å²) in [5.41, 5.74) is 0. The van der Waals surface area contributed by atoms with Crippen LogP contribution < -0.4 is 0 Å². The van der Waals surface area contributed by atoms with Gasteiger partial charge in [-0.25, -0.2) is 0 Å². The zero-order valence-corrected chi connectivity index (χ0v) is 12.9. The molecule has 0 aliphatic rings. The highest BCUT2D eigenvalue weighted by Crippen LogP contribution is 2.06. The van der Waals surface area contributed by atoms with Gasteiger partial charge in [0.2, 0.25) is 0 Å². The van der Waals surface area contributed by atoms with E-state index in [1.807, 2.05) is 0 Å². The SMILES string of the molecule is CCCCC/C=C/C=C\C=C/CCCCCCC(=O)O. The van der Waals surface area contributed by atoms with Crippen molar-refractivity contribution < 1.29 is 9.90 Å². The van der Waals surface area contributed by atoms with Crippen LogP contribution in [0, 0.1) is 0 Å². The lowest BCUT2D eigenvalue weighted by Gasteiger charge is -1.96. The zero-order chi connectivity index (χ0) is 14.9. The van der Waals surface area contributed by atoms with Crippen molar-refractivity contribution in [3.8, 4) is 0 Å². The number of allylic oxidation sites excluding steroid dienone is 6. The first kappa shape index (κ1) is 18.7. The highest BCUT2D eigenvalue weighted by Gasteiger charge is 1.95. The van der Waals surface area contributed by atoms with Gasteiger partial charge in [0.15, 0.2) is 0 Å². The minimum atomic E-state index is -0.683. The fraction of sp³-hybridized carbons (Fsp3) is 0.611. The molecule has 0 aliphatic heterocycles. The van der Waals surface area contributed by atoms with Crippen molar-refractivity contribution in [3.63, 3.8) is 0 Å². The summed E-state index contributed by atoms with van der Waals surface area (Å²) >= 11 is 0. The van der Waals surface area contributed by atoms with Gasteiger partial charge in [0.25, 0.3) is 0 Å². The van der Waals surface area contributed by atoms with E-state index in [2.05, 4.69) is 43.4 Å². The molecule has 2 nitrogen and oxygen atoms in total. The van der Waals surface area contributed by atoms with E-state index in [0.717, 1.165) is 32.1 Å². The molecule has 1 N–H and O–H groups in total. The van der Waals surface area contributed by atoms with Crippen LogP contribution in [-0.4, -0.2) is 11.1 Å². The summed E-state index contributed by atoms with van der Waals surface area (Å²) in [6, 6.07) is 0. The van der Waals surface area contributed by atoms with Gasteiger partial charge in [0, 0.05) is 6.42 Å². The van der Waals surface area contributed by atoms with Crippen molar-refractivity contribution in [2.75, 3.05) is 0 Å². The highest BCUT2D eigenvalue weighted by atomic mass is 16.4. The Morgan fingerprint density at radius 2 is 1.35 bits per heavy atom. The van der Waals surface area contributed by atoms with Crippen LogP contribution in [0.25, 0.3) is 0 Å². The van der Waals surface area contributed by atoms with Gasteiger partial charge in [-0.3, -0.25) is 4.79 Å². The molecule has 0 heterocycles. The molecule has 0 radical (unpaired) electrons. The molecule has 20 heavy (non-hydrogen) atoms. The summed E-state index contributed by atoms with van der Waals surface area (Å²) in [7, 11) is 0. The van der Waals surface area contributed by atoms with Gasteiger partial charge in [-0.05, 0) is 32.1 Å². The second-order valence-corrected chi connectivity index (χ2v) is 5.08. The Balaban J connectivity index is 3.32. The Kier molecular flexibility index (Phi) is 14.7. The van der Waals surface area contributed by atoms with Crippen LogP contribution in [0.3, 0.4) is 0 Å². The molecule has 0 amide bonds. The predicted molar refractivity (Wildman–Crippen MR) is 86.9 cm³/mol. The van der Waals surface area contributed by atoms with Gasteiger partial charge in [0.1, 0.15) is 0 Å². The second-order valence-electron chi connectivity index (χ2n) is 5.08. The zero-order valence-electron chi connectivity index (χ0n) is 12.9. The molecule has 0 aromatic rings. The minimum Gasteiger partial charge on any atom is -0.481 e. The van der Waals surface area contributed by atoms with Crippen molar-refractivity contribution in [3.05, 3.63) is 36.5 Å². The van der Waals surface area contributed by atoms with Crippen molar-refractivity contribution in [2.45, 2.75) is 71.1 Å². The Hall–Kier alpha value is -1.31. The van der Waals surface area contributed by atoms with Crippen LogP contribution in [0.15, 0.2) is 36.5 Å².